The average Bonchev–Trinajstić information content (AvgIpc) is 3.08. The molecule has 5 heteroatoms. The minimum atomic E-state index is 0.0567. The Labute approximate surface area is 167 Å². The van der Waals surface area contributed by atoms with Crippen molar-refractivity contribution in [2.75, 3.05) is 0 Å². The SMILES string of the molecule is O=C(Cc1ccc(Br)cc1)N[C@@H]1CCCc2c1cnn2Cc1ccccc1. The summed E-state index contributed by atoms with van der Waals surface area (Å²) < 4.78 is 3.10. The summed E-state index contributed by atoms with van der Waals surface area (Å²) in [5.41, 5.74) is 4.68. The second kappa shape index (κ2) is 8.09. The lowest BCUT2D eigenvalue weighted by Crippen LogP contribution is -2.32. The number of amides is 1. The van der Waals surface area contributed by atoms with Crippen LogP contribution in [0.15, 0.2) is 65.3 Å². The molecular formula is C22H22BrN3O. The Hall–Kier alpha value is -2.40. The van der Waals surface area contributed by atoms with Gasteiger partial charge in [0.2, 0.25) is 5.91 Å². The molecule has 1 aliphatic rings. The Kier molecular flexibility index (Phi) is 5.39. The average molecular weight is 424 g/mol. The van der Waals surface area contributed by atoms with Crippen LogP contribution in [0.5, 0.6) is 0 Å². The molecule has 1 aliphatic carbocycles. The first-order chi connectivity index (χ1) is 13.2. The molecule has 0 spiro atoms. The Morgan fingerprint density at radius 3 is 2.67 bits per heavy atom. The third kappa shape index (κ3) is 4.30. The van der Waals surface area contributed by atoms with E-state index in [4.69, 9.17) is 0 Å². The van der Waals surface area contributed by atoms with Gasteiger partial charge in [0.1, 0.15) is 0 Å². The molecule has 2 aromatic carbocycles. The van der Waals surface area contributed by atoms with Gasteiger partial charge in [-0.3, -0.25) is 9.48 Å². The number of nitrogens with one attached hydrogen (secondary N) is 1. The number of aromatic nitrogens is 2. The van der Waals surface area contributed by atoms with Crippen molar-refractivity contribution in [3.8, 4) is 0 Å². The fourth-order valence-electron chi connectivity index (χ4n) is 3.69. The first-order valence-corrected chi connectivity index (χ1v) is 10.1. The molecule has 138 valence electrons. The number of halogens is 1. The predicted octanol–water partition coefficient (Wildman–Crippen LogP) is 4.43. The number of hydrogen-bond donors (Lipinski definition) is 1. The summed E-state index contributed by atoms with van der Waals surface area (Å²) in [5.74, 6) is 0.0611. The van der Waals surface area contributed by atoms with Gasteiger partial charge in [0.05, 0.1) is 25.2 Å². The quantitative estimate of drug-likeness (QED) is 0.659. The lowest BCUT2D eigenvalue weighted by Gasteiger charge is -2.24. The van der Waals surface area contributed by atoms with Crippen molar-refractivity contribution >= 4 is 21.8 Å². The van der Waals surface area contributed by atoms with Crippen LogP contribution in [0.1, 0.15) is 41.3 Å². The maximum absolute atomic E-state index is 12.5. The Morgan fingerprint density at radius 1 is 1.11 bits per heavy atom. The Balaban J connectivity index is 1.45. The van der Waals surface area contributed by atoms with E-state index in [0.717, 1.165) is 35.8 Å². The molecule has 0 fully saturated rings. The van der Waals surface area contributed by atoms with E-state index in [1.54, 1.807) is 0 Å². The van der Waals surface area contributed by atoms with Gasteiger partial charge in [0.15, 0.2) is 0 Å². The van der Waals surface area contributed by atoms with Crippen molar-refractivity contribution in [3.05, 3.63) is 87.7 Å². The first kappa shape index (κ1) is 18.0. The molecule has 4 rings (SSSR count). The van der Waals surface area contributed by atoms with Gasteiger partial charge in [-0.15, -0.1) is 0 Å². The summed E-state index contributed by atoms with van der Waals surface area (Å²) in [4.78, 5) is 12.5. The highest BCUT2D eigenvalue weighted by Crippen LogP contribution is 2.30. The van der Waals surface area contributed by atoms with Gasteiger partial charge in [-0.05, 0) is 42.5 Å². The topological polar surface area (TPSA) is 46.9 Å². The smallest absolute Gasteiger partial charge is 0.224 e. The fraction of sp³-hybridized carbons (Fsp3) is 0.273. The van der Waals surface area contributed by atoms with Gasteiger partial charge in [0, 0.05) is 15.7 Å². The van der Waals surface area contributed by atoms with Crippen molar-refractivity contribution in [3.63, 3.8) is 0 Å². The molecule has 1 aromatic heterocycles. The van der Waals surface area contributed by atoms with E-state index in [-0.39, 0.29) is 11.9 Å². The molecule has 0 aliphatic heterocycles. The third-order valence-electron chi connectivity index (χ3n) is 5.05. The van der Waals surface area contributed by atoms with Crippen molar-refractivity contribution in [2.45, 2.75) is 38.3 Å². The van der Waals surface area contributed by atoms with Gasteiger partial charge in [-0.1, -0.05) is 58.4 Å². The molecule has 4 nitrogen and oxygen atoms in total. The van der Waals surface area contributed by atoms with Crippen LogP contribution in [0.3, 0.4) is 0 Å². The molecular weight excluding hydrogens is 402 g/mol. The molecule has 27 heavy (non-hydrogen) atoms. The van der Waals surface area contributed by atoms with Crippen molar-refractivity contribution in [1.82, 2.24) is 15.1 Å². The van der Waals surface area contributed by atoms with Crippen LogP contribution in [0.2, 0.25) is 0 Å². The standard InChI is InChI=1S/C22H22BrN3O/c23-18-11-9-16(10-12-18)13-22(27)25-20-7-4-8-21-19(20)14-24-26(21)15-17-5-2-1-3-6-17/h1-3,5-6,9-12,14,20H,4,7-8,13,15H2,(H,25,27)/t20-/m1/s1. The minimum Gasteiger partial charge on any atom is -0.349 e. The second-order valence-electron chi connectivity index (χ2n) is 7.01. The third-order valence-corrected chi connectivity index (χ3v) is 5.58. The number of nitrogens with zero attached hydrogens (tertiary/aromatic N) is 2. The van der Waals surface area contributed by atoms with Crippen LogP contribution >= 0.6 is 15.9 Å². The van der Waals surface area contributed by atoms with Crippen LogP contribution in [-0.4, -0.2) is 15.7 Å². The highest BCUT2D eigenvalue weighted by atomic mass is 79.9. The van der Waals surface area contributed by atoms with Crippen molar-refractivity contribution in [2.24, 2.45) is 0 Å². The molecule has 0 saturated heterocycles. The molecule has 1 amide bonds. The molecule has 0 bridgehead atoms. The number of rotatable bonds is 5. The van der Waals surface area contributed by atoms with Gasteiger partial charge in [-0.25, -0.2) is 0 Å². The zero-order chi connectivity index (χ0) is 18.6. The Bertz CT molecular complexity index is 918. The van der Waals surface area contributed by atoms with Crippen LogP contribution in [0.25, 0.3) is 0 Å². The van der Waals surface area contributed by atoms with Gasteiger partial charge < -0.3 is 5.32 Å². The van der Waals surface area contributed by atoms with Crippen molar-refractivity contribution < 1.29 is 4.79 Å². The number of carbonyl (C=O) groups excluding carboxylic acids is 1. The monoisotopic (exact) mass is 423 g/mol. The summed E-state index contributed by atoms with van der Waals surface area (Å²) >= 11 is 3.43. The molecule has 0 radical (unpaired) electrons. The van der Waals surface area contributed by atoms with E-state index in [0.29, 0.717) is 6.42 Å². The largest absolute Gasteiger partial charge is 0.349 e. The van der Waals surface area contributed by atoms with Crippen molar-refractivity contribution in [1.29, 1.82) is 0 Å². The lowest BCUT2D eigenvalue weighted by atomic mass is 9.92. The van der Waals surface area contributed by atoms with E-state index in [9.17, 15) is 4.79 Å². The highest BCUT2D eigenvalue weighted by Gasteiger charge is 2.25. The summed E-state index contributed by atoms with van der Waals surface area (Å²) in [5, 5.41) is 7.82. The van der Waals surface area contributed by atoms with E-state index in [2.05, 4.69) is 55.3 Å². The van der Waals surface area contributed by atoms with E-state index < -0.39 is 0 Å². The van der Waals surface area contributed by atoms with E-state index in [1.807, 2.05) is 36.5 Å². The molecule has 1 atom stereocenters. The molecule has 1 heterocycles. The Morgan fingerprint density at radius 2 is 1.89 bits per heavy atom. The first-order valence-electron chi connectivity index (χ1n) is 9.31. The zero-order valence-corrected chi connectivity index (χ0v) is 16.7. The highest BCUT2D eigenvalue weighted by molar-refractivity contribution is 9.10. The van der Waals surface area contributed by atoms with Crippen LogP contribution in [-0.2, 0) is 24.2 Å². The number of hydrogen-bond acceptors (Lipinski definition) is 2. The van der Waals surface area contributed by atoms with Gasteiger partial charge in [0.25, 0.3) is 0 Å². The van der Waals surface area contributed by atoms with Crippen LogP contribution in [0, 0.1) is 0 Å². The van der Waals surface area contributed by atoms with E-state index in [1.165, 1.54) is 16.8 Å². The fourth-order valence-corrected chi connectivity index (χ4v) is 3.96. The van der Waals surface area contributed by atoms with Crippen LogP contribution in [0.4, 0.5) is 0 Å². The number of fused-ring (bicyclic) bond motifs is 1. The zero-order valence-electron chi connectivity index (χ0n) is 15.1. The minimum absolute atomic E-state index is 0.0567. The molecule has 3 aromatic rings. The molecule has 1 N–H and O–H groups in total. The molecule has 0 unspecified atom stereocenters. The number of benzene rings is 2. The summed E-state index contributed by atoms with van der Waals surface area (Å²) in [6.45, 7) is 0.774. The van der Waals surface area contributed by atoms with Gasteiger partial charge >= 0.3 is 0 Å². The normalized spacial score (nSPS) is 16.0. The van der Waals surface area contributed by atoms with E-state index >= 15 is 0 Å². The maximum Gasteiger partial charge on any atom is 0.224 e. The maximum atomic E-state index is 12.5. The second-order valence-corrected chi connectivity index (χ2v) is 7.92. The number of carbonyl (C=O) groups is 1. The summed E-state index contributed by atoms with van der Waals surface area (Å²) in [6.07, 6.45) is 5.38. The predicted molar refractivity (Wildman–Crippen MR) is 109 cm³/mol. The van der Waals surface area contributed by atoms with Gasteiger partial charge in [-0.2, -0.15) is 5.10 Å². The summed E-state index contributed by atoms with van der Waals surface area (Å²) in [7, 11) is 0. The lowest BCUT2D eigenvalue weighted by molar-refractivity contribution is -0.121. The van der Waals surface area contributed by atoms with Crippen LogP contribution < -0.4 is 5.32 Å². The molecule has 0 saturated carbocycles. The summed E-state index contributed by atoms with van der Waals surface area (Å²) in [6, 6.07) is 18.3.